The lowest BCUT2D eigenvalue weighted by atomic mass is 9.98. The van der Waals surface area contributed by atoms with Crippen LogP contribution in [0.4, 0.5) is 0 Å². The Morgan fingerprint density at radius 3 is 2.18 bits per heavy atom. The van der Waals surface area contributed by atoms with E-state index in [-0.39, 0.29) is 11.9 Å². The van der Waals surface area contributed by atoms with Crippen molar-refractivity contribution in [3.63, 3.8) is 0 Å². The van der Waals surface area contributed by atoms with Gasteiger partial charge in [-0.25, -0.2) is 9.50 Å². The Kier molecular flexibility index (Phi) is 5.91. The van der Waals surface area contributed by atoms with E-state index in [9.17, 15) is 4.79 Å². The first kappa shape index (κ1) is 21.6. The smallest absolute Gasteiger partial charge is 0.255 e. The molecule has 0 fully saturated rings. The number of hydrogen-bond donors (Lipinski definition) is 1. The number of rotatable bonds is 6. The van der Waals surface area contributed by atoms with E-state index < -0.39 is 0 Å². The second-order valence-electron chi connectivity index (χ2n) is 8.45. The van der Waals surface area contributed by atoms with Crippen LogP contribution in [0.5, 0.6) is 0 Å². The van der Waals surface area contributed by atoms with Crippen LogP contribution >= 0.6 is 0 Å². The number of nitrogens with zero attached hydrogens (tertiary/aromatic N) is 3. The summed E-state index contributed by atoms with van der Waals surface area (Å²) in [7, 11) is 0. The van der Waals surface area contributed by atoms with Crippen molar-refractivity contribution in [3.05, 3.63) is 125 Å². The number of fused-ring (bicyclic) bond motifs is 1. The molecule has 5 aromatic rings. The highest BCUT2D eigenvalue weighted by atomic mass is 16.1. The molecule has 168 valence electrons. The molecule has 0 saturated carbocycles. The van der Waals surface area contributed by atoms with Gasteiger partial charge in [0.1, 0.15) is 0 Å². The van der Waals surface area contributed by atoms with Gasteiger partial charge in [-0.15, -0.1) is 0 Å². The summed E-state index contributed by atoms with van der Waals surface area (Å²) in [6, 6.07) is 30.2. The van der Waals surface area contributed by atoms with E-state index in [0.29, 0.717) is 12.0 Å². The van der Waals surface area contributed by atoms with Gasteiger partial charge in [0.2, 0.25) is 0 Å². The first-order chi connectivity index (χ1) is 16.6. The van der Waals surface area contributed by atoms with Gasteiger partial charge < -0.3 is 5.32 Å². The summed E-state index contributed by atoms with van der Waals surface area (Å²) in [6.07, 6.45) is 2.36. The summed E-state index contributed by atoms with van der Waals surface area (Å²) in [5.74, 6) is -0.161. The van der Waals surface area contributed by atoms with Gasteiger partial charge in [-0.1, -0.05) is 91.0 Å². The molecule has 5 rings (SSSR count). The Balaban J connectivity index is 1.49. The van der Waals surface area contributed by atoms with Crippen LogP contribution in [0.3, 0.4) is 0 Å². The fourth-order valence-electron chi connectivity index (χ4n) is 4.39. The molecule has 0 saturated heterocycles. The Bertz CT molecular complexity index is 1430. The molecular formula is C29H26N4O. The lowest BCUT2D eigenvalue weighted by Crippen LogP contribution is -2.31. The van der Waals surface area contributed by atoms with Gasteiger partial charge in [-0.05, 0) is 37.0 Å². The normalized spacial score (nSPS) is 11.9. The first-order valence-electron chi connectivity index (χ1n) is 11.4. The van der Waals surface area contributed by atoms with Gasteiger partial charge in [0.05, 0.1) is 23.0 Å². The third-order valence-electron chi connectivity index (χ3n) is 6.16. The van der Waals surface area contributed by atoms with Gasteiger partial charge in [0.15, 0.2) is 5.65 Å². The highest BCUT2D eigenvalue weighted by Gasteiger charge is 2.21. The van der Waals surface area contributed by atoms with Crippen molar-refractivity contribution >= 4 is 11.6 Å². The van der Waals surface area contributed by atoms with Crippen molar-refractivity contribution in [1.29, 1.82) is 0 Å². The summed E-state index contributed by atoms with van der Waals surface area (Å²) in [4.78, 5) is 18.1. The standard InChI is InChI=1S/C29H26N4O/c1-20-27(24-16-10-5-11-17-24)28-30-19-25(21(2)33(28)32-20)29(34)31-26(23-14-8-4-9-15-23)18-22-12-6-3-7-13-22/h3-17,19,26H,18H2,1-2H3,(H,31,34). The number of carbonyl (C=O) groups is 1. The van der Waals surface area contributed by atoms with Crippen LogP contribution in [0, 0.1) is 13.8 Å². The number of hydrogen-bond acceptors (Lipinski definition) is 3. The van der Waals surface area contributed by atoms with Crippen LogP contribution in [-0.4, -0.2) is 20.5 Å². The van der Waals surface area contributed by atoms with Crippen LogP contribution < -0.4 is 5.32 Å². The fraction of sp³-hybridized carbons (Fsp3) is 0.138. The predicted molar refractivity (Wildman–Crippen MR) is 135 cm³/mol. The molecule has 2 heterocycles. The average Bonchev–Trinajstić information content (AvgIpc) is 3.22. The average molecular weight is 447 g/mol. The van der Waals surface area contributed by atoms with Gasteiger partial charge in [-0.2, -0.15) is 5.10 Å². The molecule has 1 unspecified atom stereocenters. The maximum Gasteiger partial charge on any atom is 0.255 e. The summed E-state index contributed by atoms with van der Waals surface area (Å²) < 4.78 is 1.78. The molecule has 5 nitrogen and oxygen atoms in total. The molecule has 3 aromatic carbocycles. The van der Waals surface area contributed by atoms with Crippen molar-refractivity contribution in [3.8, 4) is 11.1 Å². The Labute approximate surface area is 199 Å². The molecule has 0 bridgehead atoms. The Hall–Kier alpha value is -4.25. The van der Waals surface area contributed by atoms with E-state index in [1.807, 2.05) is 80.6 Å². The monoisotopic (exact) mass is 446 g/mol. The second kappa shape index (κ2) is 9.32. The molecule has 34 heavy (non-hydrogen) atoms. The molecule has 1 amide bonds. The summed E-state index contributed by atoms with van der Waals surface area (Å²) in [5.41, 5.74) is 7.19. The maximum atomic E-state index is 13.5. The molecular weight excluding hydrogens is 420 g/mol. The third kappa shape index (κ3) is 4.20. The minimum atomic E-state index is -0.162. The van der Waals surface area contributed by atoms with E-state index >= 15 is 0 Å². The van der Waals surface area contributed by atoms with Gasteiger partial charge in [-0.3, -0.25) is 4.79 Å². The molecule has 2 aromatic heterocycles. The lowest BCUT2D eigenvalue weighted by molar-refractivity contribution is 0.0935. The molecule has 0 aliphatic carbocycles. The Morgan fingerprint density at radius 2 is 1.50 bits per heavy atom. The summed E-state index contributed by atoms with van der Waals surface area (Å²) in [5, 5.41) is 7.95. The predicted octanol–water partition coefficient (Wildman–Crippen LogP) is 5.73. The van der Waals surface area contributed by atoms with Crippen molar-refractivity contribution in [1.82, 2.24) is 19.9 Å². The van der Waals surface area contributed by atoms with Crippen LogP contribution in [-0.2, 0) is 6.42 Å². The van der Waals surface area contributed by atoms with Gasteiger partial charge in [0, 0.05) is 11.8 Å². The highest BCUT2D eigenvalue weighted by Crippen LogP contribution is 2.28. The quantitative estimate of drug-likeness (QED) is 0.363. The molecule has 0 spiro atoms. The first-order valence-corrected chi connectivity index (χ1v) is 11.4. The number of amides is 1. The van der Waals surface area contributed by atoms with Crippen LogP contribution in [0.1, 0.15) is 38.9 Å². The van der Waals surface area contributed by atoms with Crippen LogP contribution in [0.15, 0.2) is 97.2 Å². The van der Waals surface area contributed by atoms with E-state index in [1.54, 1.807) is 10.7 Å². The van der Waals surface area contributed by atoms with E-state index in [1.165, 1.54) is 0 Å². The van der Waals surface area contributed by atoms with Crippen molar-refractivity contribution in [2.75, 3.05) is 0 Å². The van der Waals surface area contributed by atoms with Crippen LogP contribution in [0.25, 0.3) is 16.8 Å². The number of aromatic nitrogens is 3. The Morgan fingerprint density at radius 1 is 0.882 bits per heavy atom. The molecule has 1 atom stereocenters. The fourth-order valence-corrected chi connectivity index (χ4v) is 4.39. The van der Waals surface area contributed by atoms with Crippen molar-refractivity contribution in [2.45, 2.75) is 26.3 Å². The lowest BCUT2D eigenvalue weighted by Gasteiger charge is -2.20. The molecule has 5 heteroatoms. The van der Waals surface area contributed by atoms with E-state index in [2.05, 4.69) is 34.6 Å². The highest BCUT2D eigenvalue weighted by molar-refractivity contribution is 5.96. The molecule has 0 radical (unpaired) electrons. The third-order valence-corrected chi connectivity index (χ3v) is 6.16. The zero-order valence-corrected chi connectivity index (χ0v) is 19.3. The van der Waals surface area contributed by atoms with Crippen molar-refractivity contribution in [2.24, 2.45) is 0 Å². The van der Waals surface area contributed by atoms with E-state index in [0.717, 1.165) is 39.3 Å². The van der Waals surface area contributed by atoms with Gasteiger partial charge in [0.25, 0.3) is 5.91 Å². The SMILES string of the molecule is Cc1nn2c(C)c(C(=O)NC(Cc3ccccc3)c3ccccc3)cnc2c1-c1ccccc1. The van der Waals surface area contributed by atoms with Gasteiger partial charge >= 0.3 is 0 Å². The summed E-state index contributed by atoms with van der Waals surface area (Å²) >= 11 is 0. The zero-order valence-electron chi connectivity index (χ0n) is 19.3. The minimum absolute atomic E-state index is 0.161. The number of benzene rings is 3. The second-order valence-corrected chi connectivity index (χ2v) is 8.45. The number of carbonyl (C=O) groups excluding carboxylic acids is 1. The van der Waals surface area contributed by atoms with Crippen LogP contribution in [0.2, 0.25) is 0 Å². The zero-order chi connectivity index (χ0) is 23.5. The van der Waals surface area contributed by atoms with Crippen molar-refractivity contribution < 1.29 is 4.79 Å². The molecule has 1 N–H and O–H groups in total. The molecule has 0 aliphatic rings. The largest absolute Gasteiger partial charge is 0.345 e. The van der Waals surface area contributed by atoms with E-state index in [4.69, 9.17) is 5.10 Å². The minimum Gasteiger partial charge on any atom is -0.345 e. The summed E-state index contributed by atoms with van der Waals surface area (Å²) in [6.45, 7) is 3.89. The maximum absolute atomic E-state index is 13.5. The number of nitrogens with one attached hydrogen (secondary N) is 1. The topological polar surface area (TPSA) is 59.3 Å². The molecule has 0 aliphatic heterocycles. The number of aryl methyl sites for hydroxylation is 2.